The molecular formula is C14H16FNO4. The Morgan fingerprint density at radius 3 is 2.70 bits per heavy atom. The van der Waals surface area contributed by atoms with Gasteiger partial charge in [0.2, 0.25) is 0 Å². The number of hydrogen-bond donors (Lipinski definition) is 2. The van der Waals surface area contributed by atoms with Gasteiger partial charge in [0.05, 0.1) is 24.3 Å². The number of nitrogens with one attached hydrogen (secondary N) is 1. The van der Waals surface area contributed by atoms with Gasteiger partial charge in [-0.1, -0.05) is 12.2 Å². The Labute approximate surface area is 116 Å². The second kappa shape index (κ2) is 7.40. The van der Waals surface area contributed by atoms with E-state index < -0.39 is 17.7 Å². The fourth-order valence-electron chi connectivity index (χ4n) is 1.41. The normalized spacial score (nSPS) is 10.1. The minimum Gasteiger partial charge on any atom is -0.478 e. The SMILES string of the molecule is C=C(C)COCCNC(=O)c1ccc(C(=O)O)cc1F. The molecule has 0 aliphatic heterocycles. The average Bonchev–Trinajstić information content (AvgIpc) is 2.37. The van der Waals surface area contributed by atoms with Gasteiger partial charge in [0, 0.05) is 6.54 Å². The topological polar surface area (TPSA) is 75.6 Å². The Morgan fingerprint density at radius 2 is 2.15 bits per heavy atom. The van der Waals surface area contributed by atoms with Crippen LogP contribution < -0.4 is 5.32 Å². The Bertz CT molecular complexity index is 528. The summed E-state index contributed by atoms with van der Waals surface area (Å²) in [6.07, 6.45) is 0. The van der Waals surface area contributed by atoms with Crippen LogP contribution in [0, 0.1) is 5.82 Å². The van der Waals surface area contributed by atoms with Crippen LogP contribution >= 0.6 is 0 Å². The molecule has 6 heteroatoms. The molecule has 5 nitrogen and oxygen atoms in total. The van der Waals surface area contributed by atoms with E-state index in [1.54, 1.807) is 0 Å². The largest absolute Gasteiger partial charge is 0.478 e. The lowest BCUT2D eigenvalue weighted by atomic mass is 10.1. The summed E-state index contributed by atoms with van der Waals surface area (Å²) in [5.74, 6) is -2.73. The summed E-state index contributed by atoms with van der Waals surface area (Å²) < 4.78 is 18.8. The summed E-state index contributed by atoms with van der Waals surface area (Å²) in [6, 6.07) is 3.13. The summed E-state index contributed by atoms with van der Waals surface area (Å²) in [4.78, 5) is 22.3. The molecule has 0 radical (unpaired) electrons. The van der Waals surface area contributed by atoms with Crippen molar-refractivity contribution in [2.24, 2.45) is 0 Å². The number of carboxylic acids is 1. The Kier molecular flexibility index (Phi) is 5.86. The van der Waals surface area contributed by atoms with Crippen molar-refractivity contribution in [1.29, 1.82) is 0 Å². The first kappa shape index (κ1) is 15.8. The average molecular weight is 281 g/mol. The predicted octanol–water partition coefficient (Wildman–Crippen LogP) is 1.85. The molecule has 0 saturated carbocycles. The van der Waals surface area contributed by atoms with E-state index >= 15 is 0 Å². The van der Waals surface area contributed by atoms with Crippen LogP contribution in [0.2, 0.25) is 0 Å². The molecule has 0 aliphatic carbocycles. The fourth-order valence-corrected chi connectivity index (χ4v) is 1.41. The van der Waals surface area contributed by atoms with Crippen molar-refractivity contribution < 1.29 is 23.8 Å². The highest BCUT2D eigenvalue weighted by molar-refractivity contribution is 5.96. The Hall–Kier alpha value is -2.21. The number of aromatic carboxylic acids is 1. The highest BCUT2D eigenvalue weighted by atomic mass is 19.1. The lowest BCUT2D eigenvalue weighted by molar-refractivity contribution is 0.0695. The number of hydrogen-bond acceptors (Lipinski definition) is 3. The van der Waals surface area contributed by atoms with Crippen LogP contribution in [0.1, 0.15) is 27.6 Å². The summed E-state index contributed by atoms with van der Waals surface area (Å²) in [5.41, 5.74) is 0.463. The van der Waals surface area contributed by atoms with Crippen molar-refractivity contribution in [3.8, 4) is 0 Å². The molecule has 1 aromatic carbocycles. The highest BCUT2D eigenvalue weighted by Gasteiger charge is 2.13. The monoisotopic (exact) mass is 281 g/mol. The van der Waals surface area contributed by atoms with Crippen LogP contribution in [0.4, 0.5) is 4.39 Å². The van der Waals surface area contributed by atoms with Crippen LogP contribution in [0.15, 0.2) is 30.4 Å². The zero-order valence-electron chi connectivity index (χ0n) is 11.1. The van der Waals surface area contributed by atoms with Crippen molar-refractivity contribution in [3.63, 3.8) is 0 Å². The maximum atomic E-state index is 13.6. The molecule has 0 unspecified atom stereocenters. The van der Waals surface area contributed by atoms with Gasteiger partial charge in [-0.25, -0.2) is 9.18 Å². The van der Waals surface area contributed by atoms with Crippen molar-refractivity contribution in [2.75, 3.05) is 19.8 Å². The second-order valence-electron chi connectivity index (χ2n) is 4.27. The van der Waals surface area contributed by atoms with E-state index in [-0.39, 0.29) is 24.3 Å². The van der Waals surface area contributed by atoms with Gasteiger partial charge < -0.3 is 15.2 Å². The standard InChI is InChI=1S/C14H16FNO4/c1-9(2)8-20-6-5-16-13(17)11-4-3-10(14(18)19)7-12(11)15/h3-4,7H,1,5-6,8H2,2H3,(H,16,17)(H,18,19). The van der Waals surface area contributed by atoms with Crippen LogP contribution in [-0.2, 0) is 4.74 Å². The van der Waals surface area contributed by atoms with E-state index in [1.165, 1.54) is 6.07 Å². The lowest BCUT2D eigenvalue weighted by Gasteiger charge is -2.07. The summed E-state index contributed by atoms with van der Waals surface area (Å²) >= 11 is 0. The van der Waals surface area contributed by atoms with Crippen molar-refractivity contribution in [3.05, 3.63) is 47.3 Å². The first-order valence-corrected chi connectivity index (χ1v) is 5.95. The number of halogens is 1. The van der Waals surface area contributed by atoms with Gasteiger partial charge in [-0.05, 0) is 25.1 Å². The van der Waals surface area contributed by atoms with E-state index in [0.29, 0.717) is 6.61 Å². The van der Waals surface area contributed by atoms with Gasteiger partial charge in [0.1, 0.15) is 5.82 Å². The van der Waals surface area contributed by atoms with E-state index in [1.807, 2.05) is 6.92 Å². The number of benzene rings is 1. The molecule has 0 bridgehead atoms. The fraction of sp³-hybridized carbons (Fsp3) is 0.286. The van der Waals surface area contributed by atoms with Crippen LogP contribution in [0.25, 0.3) is 0 Å². The van der Waals surface area contributed by atoms with Crippen LogP contribution in [0.5, 0.6) is 0 Å². The maximum absolute atomic E-state index is 13.6. The molecule has 20 heavy (non-hydrogen) atoms. The zero-order chi connectivity index (χ0) is 15.1. The van der Waals surface area contributed by atoms with Gasteiger partial charge in [-0.3, -0.25) is 4.79 Å². The third-order valence-corrected chi connectivity index (χ3v) is 2.34. The second-order valence-corrected chi connectivity index (χ2v) is 4.27. The Balaban J connectivity index is 2.51. The first-order valence-electron chi connectivity index (χ1n) is 5.95. The molecule has 0 atom stereocenters. The van der Waals surface area contributed by atoms with Crippen molar-refractivity contribution in [2.45, 2.75) is 6.92 Å². The third kappa shape index (κ3) is 4.81. The van der Waals surface area contributed by atoms with E-state index in [0.717, 1.165) is 17.7 Å². The highest BCUT2D eigenvalue weighted by Crippen LogP contribution is 2.10. The molecule has 0 aliphatic rings. The Morgan fingerprint density at radius 1 is 1.45 bits per heavy atom. The zero-order valence-corrected chi connectivity index (χ0v) is 11.1. The number of ether oxygens (including phenoxy) is 1. The lowest BCUT2D eigenvalue weighted by Crippen LogP contribution is -2.28. The van der Waals surface area contributed by atoms with Crippen LogP contribution in [0.3, 0.4) is 0 Å². The maximum Gasteiger partial charge on any atom is 0.335 e. The quantitative estimate of drug-likeness (QED) is 0.590. The number of amides is 1. The summed E-state index contributed by atoms with van der Waals surface area (Å²) in [6.45, 7) is 6.39. The smallest absolute Gasteiger partial charge is 0.335 e. The van der Waals surface area contributed by atoms with E-state index in [4.69, 9.17) is 9.84 Å². The summed E-state index contributed by atoms with van der Waals surface area (Å²) in [7, 11) is 0. The summed E-state index contributed by atoms with van der Waals surface area (Å²) in [5, 5.41) is 11.2. The van der Waals surface area contributed by atoms with E-state index in [9.17, 15) is 14.0 Å². The minimum absolute atomic E-state index is 0.199. The minimum atomic E-state index is -1.25. The molecule has 0 heterocycles. The number of carboxylic acid groups (broad SMARTS) is 1. The molecule has 108 valence electrons. The molecule has 1 aromatic rings. The van der Waals surface area contributed by atoms with Gasteiger partial charge in [-0.15, -0.1) is 0 Å². The predicted molar refractivity (Wildman–Crippen MR) is 71.3 cm³/mol. The van der Waals surface area contributed by atoms with Gasteiger partial charge in [0.15, 0.2) is 0 Å². The molecule has 1 amide bonds. The van der Waals surface area contributed by atoms with Crippen LogP contribution in [-0.4, -0.2) is 36.7 Å². The van der Waals surface area contributed by atoms with Crippen molar-refractivity contribution >= 4 is 11.9 Å². The molecule has 0 aromatic heterocycles. The number of carbonyl (C=O) groups is 2. The van der Waals surface area contributed by atoms with Gasteiger partial charge in [0.25, 0.3) is 5.91 Å². The van der Waals surface area contributed by atoms with E-state index in [2.05, 4.69) is 11.9 Å². The van der Waals surface area contributed by atoms with Crippen molar-refractivity contribution in [1.82, 2.24) is 5.32 Å². The third-order valence-electron chi connectivity index (χ3n) is 2.34. The molecule has 2 N–H and O–H groups in total. The molecule has 0 fully saturated rings. The molecule has 0 saturated heterocycles. The number of rotatable bonds is 7. The molecular weight excluding hydrogens is 265 g/mol. The van der Waals surface area contributed by atoms with Gasteiger partial charge >= 0.3 is 5.97 Å². The molecule has 1 rings (SSSR count). The van der Waals surface area contributed by atoms with Gasteiger partial charge in [-0.2, -0.15) is 0 Å². The molecule has 0 spiro atoms. The number of carbonyl (C=O) groups excluding carboxylic acids is 1. The first-order chi connectivity index (χ1) is 9.41.